The second-order valence-electron chi connectivity index (χ2n) is 3.48. The fraction of sp³-hybridized carbons (Fsp3) is 0.200. The molecule has 7 N–H and O–H groups in total. The zero-order chi connectivity index (χ0) is 16.6. The van der Waals surface area contributed by atoms with E-state index in [9.17, 15) is 8.42 Å². The molecule has 0 aromatic heterocycles. The average molecular weight is 356 g/mol. The Morgan fingerprint density at radius 1 is 1.24 bits per heavy atom. The van der Waals surface area contributed by atoms with Crippen molar-refractivity contribution < 1.29 is 13.0 Å². The first kappa shape index (κ1) is 19.4. The molecule has 0 heterocycles. The third-order valence-corrected chi connectivity index (χ3v) is 3.22. The molecule has 1 aromatic rings. The van der Waals surface area contributed by atoms with Gasteiger partial charge in [-0.15, -0.1) is 0 Å². The molecule has 118 valence electrons. The van der Waals surface area contributed by atoms with Crippen LogP contribution >= 0.6 is 23.2 Å². The van der Waals surface area contributed by atoms with Gasteiger partial charge in [-0.05, 0) is 25.1 Å². The van der Waals surface area contributed by atoms with Gasteiger partial charge < -0.3 is 17.2 Å². The van der Waals surface area contributed by atoms with E-state index < -0.39 is 10.1 Å². The van der Waals surface area contributed by atoms with Crippen molar-refractivity contribution in [2.45, 2.75) is 6.92 Å². The number of benzene rings is 1. The molecule has 0 amide bonds. The molecule has 21 heavy (non-hydrogen) atoms. The van der Waals surface area contributed by atoms with Gasteiger partial charge in [-0.1, -0.05) is 23.2 Å². The first-order valence-corrected chi connectivity index (χ1v) is 7.75. The van der Waals surface area contributed by atoms with Crippen LogP contribution in [0.25, 0.3) is 0 Å². The van der Waals surface area contributed by atoms with Crippen molar-refractivity contribution in [1.82, 2.24) is 0 Å². The molecule has 0 saturated heterocycles. The summed E-state index contributed by atoms with van der Waals surface area (Å²) in [4.78, 5) is 7.45. The third-order valence-electron chi connectivity index (χ3n) is 1.76. The van der Waals surface area contributed by atoms with Crippen LogP contribution in [-0.4, -0.2) is 30.6 Å². The Balaban J connectivity index is 0.000000567. The number of hydrogen-bond acceptors (Lipinski definition) is 3. The molecule has 0 saturated carbocycles. The lowest BCUT2D eigenvalue weighted by Gasteiger charge is -1.98. The van der Waals surface area contributed by atoms with Gasteiger partial charge >= 0.3 is 0 Å². The molecule has 1 aromatic carbocycles. The van der Waals surface area contributed by atoms with Crippen LogP contribution in [0.2, 0.25) is 10.0 Å². The summed E-state index contributed by atoms with van der Waals surface area (Å²) in [7, 11) is -3.66. The van der Waals surface area contributed by atoms with Crippen molar-refractivity contribution in [3.63, 3.8) is 0 Å². The topological polar surface area (TPSA) is 157 Å². The minimum atomic E-state index is -3.66. The van der Waals surface area contributed by atoms with E-state index >= 15 is 0 Å². The summed E-state index contributed by atoms with van der Waals surface area (Å²) >= 11 is 11.5. The van der Waals surface area contributed by atoms with Gasteiger partial charge in [0, 0.05) is 0 Å². The highest BCUT2D eigenvalue weighted by atomic mass is 35.5. The second-order valence-corrected chi connectivity index (χ2v) is 6.03. The van der Waals surface area contributed by atoms with Gasteiger partial charge in [0.05, 0.1) is 21.5 Å². The highest BCUT2D eigenvalue weighted by molar-refractivity contribution is 7.85. The zero-order valence-electron chi connectivity index (χ0n) is 11.0. The maximum atomic E-state index is 9.56. The van der Waals surface area contributed by atoms with Crippen molar-refractivity contribution in [1.29, 1.82) is 0 Å². The Morgan fingerprint density at radius 2 is 1.76 bits per heavy atom. The number of aliphatic imine (C=N–C) groups is 2. The van der Waals surface area contributed by atoms with E-state index in [-0.39, 0.29) is 17.7 Å². The van der Waals surface area contributed by atoms with E-state index in [2.05, 4.69) is 9.98 Å². The first-order chi connectivity index (χ1) is 9.55. The Kier molecular flexibility index (Phi) is 8.03. The van der Waals surface area contributed by atoms with Gasteiger partial charge in [-0.25, -0.2) is 4.99 Å². The van der Waals surface area contributed by atoms with Crippen molar-refractivity contribution in [3.05, 3.63) is 28.2 Å². The zero-order valence-corrected chi connectivity index (χ0v) is 13.3. The van der Waals surface area contributed by atoms with Gasteiger partial charge in [-0.3, -0.25) is 4.55 Å². The van der Waals surface area contributed by atoms with Crippen molar-refractivity contribution in [3.8, 4) is 0 Å². The largest absolute Gasteiger partial charge is 0.370 e. The van der Waals surface area contributed by atoms with Crippen LogP contribution in [0, 0.1) is 0 Å². The molecule has 11 heteroatoms. The fourth-order valence-corrected chi connectivity index (χ4v) is 1.14. The summed E-state index contributed by atoms with van der Waals surface area (Å²) in [6.45, 7) is 1.37. The Bertz CT molecular complexity index is 642. The predicted molar refractivity (Wildman–Crippen MR) is 85.6 cm³/mol. The van der Waals surface area contributed by atoms with Crippen LogP contribution in [0.3, 0.4) is 0 Å². The highest BCUT2D eigenvalue weighted by Crippen LogP contribution is 2.26. The Hall–Kier alpha value is -1.55. The molecule has 0 unspecified atom stereocenters. The van der Waals surface area contributed by atoms with E-state index in [0.29, 0.717) is 15.7 Å². The van der Waals surface area contributed by atoms with Crippen LogP contribution < -0.4 is 17.2 Å². The summed E-state index contributed by atoms with van der Waals surface area (Å²) < 4.78 is 26.9. The van der Waals surface area contributed by atoms with E-state index in [1.165, 1.54) is 6.92 Å². The van der Waals surface area contributed by atoms with Crippen molar-refractivity contribution in [2.75, 3.05) is 5.75 Å². The summed E-state index contributed by atoms with van der Waals surface area (Å²) in [6, 6.07) is 4.80. The molecular formula is C10H15Cl2N5O3S. The van der Waals surface area contributed by atoms with Crippen LogP contribution in [0.5, 0.6) is 0 Å². The number of rotatable bonds is 2. The molecule has 0 bridgehead atoms. The second kappa shape index (κ2) is 8.67. The predicted octanol–water partition coefficient (Wildman–Crippen LogP) is 1.11. The molecule has 0 aliphatic heterocycles. The molecular weight excluding hydrogens is 341 g/mol. The van der Waals surface area contributed by atoms with Gasteiger partial charge in [0.25, 0.3) is 10.1 Å². The monoisotopic (exact) mass is 355 g/mol. The lowest BCUT2D eigenvalue weighted by atomic mass is 10.3. The molecule has 1 rings (SSSR count). The van der Waals surface area contributed by atoms with E-state index in [1.807, 2.05) is 0 Å². The lowest BCUT2D eigenvalue weighted by Crippen LogP contribution is -2.26. The number of hydrogen-bond donors (Lipinski definition) is 4. The number of guanidine groups is 2. The standard InChI is InChI=1S/C8H9Cl2N5.C2H6O3S/c9-5-2-1-4(3-6(5)10)14-8(13)15-7(11)12;1-2-6(3,4)5/h1-3H,(H6,11,12,13,14,15);2H2,1H3,(H,3,4,5). The fourth-order valence-electron chi connectivity index (χ4n) is 0.844. The minimum absolute atomic E-state index is 0.0478. The smallest absolute Gasteiger partial charge is 0.264 e. The quantitative estimate of drug-likeness (QED) is 0.353. The maximum Gasteiger partial charge on any atom is 0.264 e. The van der Waals surface area contributed by atoms with E-state index in [4.69, 9.17) is 45.0 Å². The molecule has 0 fully saturated rings. The summed E-state index contributed by atoms with van der Waals surface area (Å²) in [6.07, 6.45) is 0. The van der Waals surface area contributed by atoms with Crippen LogP contribution in [0.15, 0.2) is 28.2 Å². The third kappa shape index (κ3) is 9.91. The summed E-state index contributed by atoms with van der Waals surface area (Å²) in [5.41, 5.74) is 16.2. The molecule has 8 nitrogen and oxygen atoms in total. The average Bonchev–Trinajstić information content (AvgIpc) is 2.33. The van der Waals surface area contributed by atoms with Crippen molar-refractivity contribution >= 4 is 50.9 Å². The lowest BCUT2D eigenvalue weighted by molar-refractivity contribution is 0.484. The Morgan fingerprint density at radius 3 is 2.14 bits per heavy atom. The first-order valence-electron chi connectivity index (χ1n) is 5.39. The molecule has 0 aliphatic carbocycles. The van der Waals surface area contributed by atoms with E-state index in [0.717, 1.165) is 0 Å². The highest BCUT2D eigenvalue weighted by Gasteiger charge is 1.99. The van der Waals surface area contributed by atoms with E-state index in [1.54, 1.807) is 18.2 Å². The number of nitrogens with zero attached hydrogens (tertiary/aromatic N) is 2. The Labute approximate surface area is 132 Å². The summed E-state index contributed by atoms with van der Waals surface area (Å²) in [5, 5.41) is 0.825. The molecule has 0 radical (unpaired) electrons. The normalized spacial score (nSPS) is 11.3. The number of halogens is 2. The molecule has 0 spiro atoms. The van der Waals surface area contributed by atoms with Crippen LogP contribution in [-0.2, 0) is 10.1 Å². The molecule has 0 atom stereocenters. The van der Waals surface area contributed by atoms with Gasteiger partial charge in [0.1, 0.15) is 0 Å². The van der Waals surface area contributed by atoms with Crippen molar-refractivity contribution in [2.24, 2.45) is 27.2 Å². The van der Waals surface area contributed by atoms with Gasteiger partial charge in [0.15, 0.2) is 5.96 Å². The van der Waals surface area contributed by atoms with Crippen LogP contribution in [0.1, 0.15) is 6.92 Å². The minimum Gasteiger partial charge on any atom is -0.370 e. The maximum absolute atomic E-state index is 9.56. The SMILES string of the molecule is CCS(=O)(=O)O.NC(N)=NC(N)=Nc1ccc(Cl)c(Cl)c1. The molecule has 0 aliphatic rings. The van der Waals surface area contributed by atoms with Gasteiger partial charge in [0.2, 0.25) is 5.96 Å². The van der Waals surface area contributed by atoms with Crippen LogP contribution in [0.4, 0.5) is 5.69 Å². The summed E-state index contributed by atoms with van der Waals surface area (Å²) in [5.74, 6) is -0.405. The number of nitrogens with two attached hydrogens (primary N) is 3. The van der Waals surface area contributed by atoms with Gasteiger partial charge in [-0.2, -0.15) is 13.4 Å².